The molecular weight excluding hydrogens is 224 g/mol. The number of hydrogen-bond acceptors (Lipinski definition) is 2. The van der Waals surface area contributed by atoms with Crippen molar-refractivity contribution < 1.29 is 4.79 Å². The third kappa shape index (κ3) is 4.27. The fourth-order valence-electron chi connectivity index (χ4n) is 2.71. The summed E-state index contributed by atoms with van der Waals surface area (Å²) in [5.74, 6) is 1.14. The van der Waals surface area contributed by atoms with Crippen LogP contribution >= 0.6 is 0 Å². The molecule has 0 aliphatic heterocycles. The molecule has 3 N–H and O–H groups in total. The van der Waals surface area contributed by atoms with E-state index in [0.29, 0.717) is 12.0 Å². The van der Waals surface area contributed by atoms with Gasteiger partial charge in [-0.3, -0.25) is 4.79 Å². The average molecular weight is 254 g/mol. The van der Waals surface area contributed by atoms with Gasteiger partial charge >= 0.3 is 0 Å². The zero-order valence-electron chi connectivity index (χ0n) is 12.7. The molecule has 0 saturated heterocycles. The van der Waals surface area contributed by atoms with Gasteiger partial charge in [-0.2, -0.15) is 0 Å². The van der Waals surface area contributed by atoms with Gasteiger partial charge in [0.15, 0.2) is 0 Å². The Balaban J connectivity index is 2.46. The van der Waals surface area contributed by atoms with Crippen molar-refractivity contribution in [3.63, 3.8) is 0 Å². The van der Waals surface area contributed by atoms with Crippen LogP contribution < -0.4 is 11.1 Å². The second-order valence-corrected chi connectivity index (χ2v) is 7.49. The predicted octanol–water partition coefficient (Wildman–Crippen LogP) is 2.69. The molecule has 1 rings (SSSR count). The summed E-state index contributed by atoms with van der Waals surface area (Å²) in [4.78, 5) is 12.2. The number of carbonyl (C=O) groups is 1. The molecule has 0 spiro atoms. The van der Waals surface area contributed by atoms with E-state index in [4.69, 9.17) is 5.73 Å². The van der Waals surface area contributed by atoms with Gasteiger partial charge in [0.2, 0.25) is 5.91 Å². The van der Waals surface area contributed by atoms with Crippen molar-refractivity contribution in [2.24, 2.45) is 23.0 Å². The van der Waals surface area contributed by atoms with Gasteiger partial charge in [-0.15, -0.1) is 0 Å². The molecule has 1 aliphatic carbocycles. The first-order valence-corrected chi connectivity index (χ1v) is 7.18. The molecule has 0 atom stereocenters. The van der Waals surface area contributed by atoms with Crippen LogP contribution in [-0.4, -0.2) is 18.0 Å². The van der Waals surface area contributed by atoms with E-state index in [2.05, 4.69) is 26.1 Å². The minimum atomic E-state index is -0.280. The minimum Gasteiger partial charge on any atom is -0.350 e. The van der Waals surface area contributed by atoms with E-state index in [9.17, 15) is 4.79 Å². The van der Waals surface area contributed by atoms with Crippen molar-refractivity contribution in [3.8, 4) is 0 Å². The van der Waals surface area contributed by atoms with E-state index in [1.165, 1.54) is 12.8 Å². The zero-order valence-corrected chi connectivity index (χ0v) is 12.7. The monoisotopic (exact) mass is 254 g/mol. The Bertz CT molecular complexity index is 283. The molecule has 1 fully saturated rings. The van der Waals surface area contributed by atoms with Crippen LogP contribution in [0.4, 0.5) is 0 Å². The van der Waals surface area contributed by atoms with E-state index in [1.54, 1.807) is 0 Å². The van der Waals surface area contributed by atoms with E-state index in [0.717, 1.165) is 18.8 Å². The summed E-state index contributed by atoms with van der Waals surface area (Å²) in [5, 5.41) is 3.07. The molecule has 3 nitrogen and oxygen atoms in total. The third-order valence-electron chi connectivity index (χ3n) is 4.29. The van der Waals surface area contributed by atoms with Crippen LogP contribution in [0.25, 0.3) is 0 Å². The average Bonchev–Trinajstić information content (AvgIpc) is 2.27. The van der Waals surface area contributed by atoms with E-state index < -0.39 is 0 Å². The highest BCUT2D eigenvalue weighted by atomic mass is 16.2. The lowest BCUT2D eigenvalue weighted by Crippen LogP contribution is -2.51. The summed E-state index contributed by atoms with van der Waals surface area (Å²) in [5.41, 5.74) is 5.74. The third-order valence-corrected chi connectivity index (χ3v) is 4.29. The Morgan fingerprint density at radius 2 is 1.61 bits per heavy atom. The Hall–Kier alpha value is -0.570. The summed E-state index contributed by atoms with van der Waals surface area (Å²) in [6, 6.07) is 0. The first-order valence-electron chi connectivity index (χ1n) is 7.18. The van der Waals surface area contributed by atoms with Crippen LogP contribution in [0.1, 0.15) is 60.3 Å². The SMILES string of the molecule is CC(C)(CN)NC(=O)C1CCC(C(C)(C)C)CC1. The van der Waals surface area contributed by atoms with E-state index in [1.807, 2.05) is 13.8 Å². The topological polar surface area (TPSA) is 55.1 Å². The number of amides is 1. The predicted molar refractivity (Wildman–Crippen MR) is 76.2 cm³/mol. The molecule has 0 bridgehead atoms. The van der Waals surface area contributed by atoms with E-state index >= 15 is 0 Å². The number of rotatable bonds is 3. The Labute approximate surface area is 112 Å². The van der Waals surface area contributed by atoms with Crippen molar-refractivity contribution in [1.29, 1.82) is 0 Å². The van der Waals surface area contributed by atoms with Crippen LogP contribution in [0.5, 0.6) is 0 Å². The largest absolute Gasteiger partial charge is 0.350 e. The highest BCUT2D eigenvalue weighted by molar-refractivity contribution is 5.79. The first-order chi connectivity index (χ1) is 8.15. The maximum Gasteiger partial charge on any atom is 0.223 e. The zero-order chi connectivity index (χ0) is 14.0. The molecule has 1 aliphatic rings. The Morgan fingerprint density at radius 3 is 2.00 bits per heavy atom. The lowest BCUT2D eigenvalue weighted by Gasteiger charge is -2.37. The summed E-state index contributed by atoms with van der Waals surface area (Å²) in [7, 11) is 0. The molecule has 0 unspecified atom stereocenters. The molecule has 1 amide bonds. The molecule has 3 heteroatoms. The van der Waals surface area contributed by atoms with Crippen LogP contribution in [0.15, 0.2) is 0 Å². The molecule has 0 heterocycles. The van der Waals surface area contributed by atoms with Gasteiger partial charge in [0.1, 0.15) is 0 Å². The molecule has 106 valence electrons. The summed E-state index contributed by atoms with van der Waals surface area (Å²) >= 11 is 0. The number of nitrogens with one attached hydrogen (secondary N) is 1. The van der Waals surface area contributed by atoms with Gasteiger partial charge in [0.25, 0.3) is 0 Å². The van der Waals surface area contributed by atoms with Crippen LogP contribution in [-0.2, 0) is 4.79 Å². The fraction of sp³-hybridized carbons (Fsp3) is 0.933. The van der Waals surface area contributed by atoms with Crippen molar-refractivity contribution >= 4 is 5.91 Å². The van der Waals surface area contributed by atoms with E-state index in [-0.39, 0.29) is 17.4 Å². The number of hydrogen-bond donors (Lipinski definition) is 2. The molecule has 1 saturated carbocycles. The highest BCUT2D eigenvalue weighted by Crippen LogP contribution is 2.39. The minimum absolute atomic E-state index is 0.189. The molecule has 0 aromatic heterocycles. The van der Waals surface area contributed by atoms with Crippen molar-refractivity contribution in [1.82, 2.24) is 5.32 Å². The first kappa shape index (κ1) is 15.5. The second-order valence-electron chi connectivity index (χ2n) is 7.49. The summed E-state index contributed by atoms with van der Waals surface area (Å²) in [6.45, 7) is 11.3. The molecule has 0 aromatic carbocycles. The lowest BCUT2D eigenvalue weighted by molar-refractivity contribution is -0.128. The fourth-order valence-corrected chi connectivity index (χ4v) is 2.71. The molecule has 18 heavy (non-hydrogen) atoms. The maximum atomic E-state index is 12.2. The van der Waals surface area contributed by atoms with Crippen molar-refractivity contribution in [3.05, 3.63) is 0 Å². The molecular formula is C15H30N2O. The summed E-state index contributed by atoms with van der Waals surface area (Å²) in [6.07, 6.45) is 4.39. The number of carbonyl (C=O) groups excluding carboxylic acids is 1. The quantitative estimate of drug-likeness (QED) is 0.813. The van der Waals surface area contributed by atoms with Gasteiger partial charge in [0, 0.05) is 18.0 Å². The lowest BCUT2D eigenvalue weighted by atomic mass is 9.69. The molecule has 0 aromatic rings. The second kappa shape index (κ2) is 5.60. The standard InChI is InChI=1S/C15H30N2O/c1-14(2,3)12-8-6-11(7-9-12)13(18)17-15(4,5)10-16/h11-12H,6-10,16H2,1-5H3,(H,17,18). The van der Waals surface area contributed by atoms with Gasteiger partial charge in [-0.05, 0) is 50.9 Å². The molecule has 0 radical (unpaired) electrons. The number of nitrogens with two attached hydrogens (primary N) is 1. The van der Waals surface area contributed by atoms with Crippen LogP contribution in [0.2, 0.25) is 0 Å². The Morgan fingerprint density at radius 1 is 1.11 bits per heavy atom. The summed E-state index contributed by atoms with van der Waals surface area (Å²) < 4.78 is 0. The Kier molecular flexibility index (Phi) is 4.82. The van der Waals surface area contributed by atoms with Crippen molar-refractivity contribution in [2.75, 3.05) is 6.54 Å². The normalized spacial score (nSPS) is 25.9. The van der Waals surface area contributed by atoms with Gasteiger partial charge in [-0.25, -0.2) is 0 Å². The van der Waals surface area contributed by atoms with Crippen molar-refractivity contribution in [2.45, 2.75) is 65.8 Å². The highest BCUT2D eigenvalue weighted by Gasteiger charge is 2.33. The van der Waals surface area contributed by atoms with Gasteiger partial charge in [-0.1, -0.05) is 20.8 Å². The maximum absolute atomic E-state index is 12.2. The van der Waals surface area contributed by atoms with Gasteiger partial charge < -0.3 is 11.1 Å². The van der Waals surface area contributed by atoms with Crippen LogP contribution in [0.3, 0.4) is 0 Å². The smallest absolute Gasteiger partial charge is 0.223 e. The van der Waals surface area contributed by atoms with Crippen LogP contribution in [0, 0.1) is 17.3 Å². The van der Waals surface area contributed by atoms with Gasteiger partial charge in [0.05, 0.1) is 0 Å².